The summed E-state index contributed by atoms with van der Waals surface area (Å²) >= 11 is 1.84. The fraction of sp³-hybridized carbons (Fsp3) is 0.960. The summed E-state index contributed by atoms with van der Waals surface area (Å²) in [6.07, 6.45) is 17.2. The molecule has 3 unspecified atom stereocenters. The predicted octanol–water partition coefficient (Wildman–Crippen LogP) is 9.61. The van der Waals surface area contributed by atoms with Crippen LogP contribution in [-0.2, 0) is 18.1 Å². The molecule has 0 heterocycles. The summed E-state index contributed by atoms with van der Waals surface area (Å²) in [6, 6.07) is 0. The van der Waals surface area contributed by atoms with E-state index in [-0.39, 0.29) is 11.9 Å². The largest absolute Gasteiger partial charge is 0.534 e. The molecule has 0 radical (unpaired) electrons. The predicted molar refractivity (Wildman–Crippen MR) is 140 cm³/mol. The van der Waals surface area contributed by atoms with Crippen LogP contribution in [0.25, 0.3) is 0 Å². The van der Waals surface area contributed by atoms with Crippen molar-refractivity contribution in [2.45, 2.75) is 142 Å². The zero-order chi connectivity index (χ0) is 24.8. The monoisotopic (exact) mass is 510 g/mol. The molecule has 198 valence electrons. The third-order valence-electron chi connectivity index (χ3n) is 5.63. The van der Waals surface area contributed by atoms with Gasteiger partial charge in [0, 0.05) is 5.25 Å². The van der Waals surface area contributed by atoms with Crippen LogP contribution in [0.15, 0.2) is 0 Å². The highest BCUT2D eigenvalue weighted by Gasteiger charge is 2.35. The molecule has 0 fully saturated rings. The van der Waals surface area contributed by atoms with Crippen molar-refractivity contribution in [3.05, 3.63) is 0 Å². The minimum Gasteiger partial charge on any atom is -0.449 e. The van der Waals surface area contributed by atoms with Gasteiger partial charge in [-0.05, 0) is 31.9 Å². The van der Waals surface area contributed by atoms with Gasteiger partial charge < -0.3 is 9.63 Å². The van der Waals surface area contributed by atoms with Crippen LogP contribution in [0.1, 0.15) is 130 Å². The molecule has 0 bridgehead atoms. The van der Waals surface area contributed by atoms with E-state index in [0.717, 1.165) is 31.4 Å². The molecule has 0 aliphatic heterocycles. The van der Waals surface area contributed by atoms with E-state index in [1.807, 2.05) is 25.6 Å². The molecule has 0 amide bonds. The van der Waals surface area contributed by atoms with Crippen molar-refractivity contribution in [1.29, 1.82) is 0 Å². The smallest absolute Gasteiger partial charge is 0.449 e. The highest BCUT2D eigenvalue weighted by atomic mass is 32.2. The van der Waals surface area contributed by atoms with Gasteiger partial charge in [-0.1, -0.05) is 104 Å². The van der Waals surface area contributed by atoms with Gasteiger partial charge in [0.25, 0.3) is 0 Å². The zero-order valence-electron chi connectivity index (χ0n) is 21.7. The van der Waals surface area contributed by atoms with Gasteiger partial charge in [0.1, 0.15) is 0 Å². The molecule has 0 rings (SSSR count). The number of phosphoric ester groups is 1. The van der Waals surface area contributed by atoms with Gasteiger partial charge in [0.05, 0.1) is 12.7 Å². The molecule has 0 saturated carbocycles. The third kappa shape index (κ3) is 19.7. The van der Waals surface area contributed by atoms with Gasteiger partial charge in [-0.3, -0.25) is 9.05 Å². The second kappa shape index (κ2) is 22.2. The van der Waals surface area contributed by atoms with Gasteiger partial charge in [-0.2, -0.15) is 11.8 Å². The fourth-order valence-corrected chi connectivity index (χ4v) is 6.42. The number of carbonyl (C=O) groups is 1. The molecule has 0 spiro atoms. The van der Waals surface area contributed by atoms with Gasteiger partial charge in [-0.15, -0.1) is 0 Å². The van der Waals surface area contributed by atoms with Crippen molar-refractivity contribution in [2.24, 2.45) is 0 Å². The molecule has 33 heavy (non-hydrogen) atoms. The lowest BCUT2D eigenvalue weighted by molar-refractivity contribution is 0.0764. The minimum absolute atomic E-state index is 0.129. The Morgan fingerprint density at radius 2 is 1.33 bits per heavy atom. The zero-order valence-corrected chi connectivity index (χ0v) is 23.4. The Morgan fingerprint density at radius 1 is 0.818 bits per heavy atom. The first-order valence-electron chi connectivity index (χ1n) is 13.4. The number of hydrogen-bond acceptors (Lipinski definition) is 6. The summed E-state index contributed by atoms with van der Waals surface area (Å²) in [5.41, 5.74) is 0. The van der Waals surface area contributed by atoms with Crippen LogP contribution in [0.2, 0.25) is 0 Å². The first-order chi connectivity index (χ1) is 15.9. The van der Waals surface area contributed by atoms with E-state index >= 15 is 0 Å². The number of hydrogen-bond donors (Lipinski definition) is 1. The SMILES string of the molecule is CCCCCCCCCCCCSC(CCCCCC)C(C)OP(=O)(OCCC)OC(=O)O. The molecule has 3 atom stereocenters. The Balaban J connectivity index is 4.47. The summed E-state index contributed by atoms with van der Waals surface area (Å²) in [6.45, 7) is 8.28. The molecule has 0 saturated heterocycles. The van der Waals surface area contributed by atoms with Crippen molar-refractivity contribution in [3.8, 4) is 0 Å². The van der Waals surface area contributed by atoms with Crippen LogP contribution in [0.5, 0.6) is 0 Å². The van der Waals surface area contributed by atoms with Crippen molar-refractivity contribution in [3.63, 3.8) is 0 Å². The summed E-state index contributed by atoms with van der Waals surface area (Å²) in [7, 11) is -4.13. The first kappa shape index (κ1) is 32.8. The Kier molecular flexibility index (Phi) is 22.1. The van der Waals surface area contributed by atoms with Crippen LogP contribution in [0.4, 0.5) is 4.79 Å². The average molecular weight is 511 g/mol. The average Bonchev–Trinajstić information content (AvgIpc) is 2.76. The quantitative estimate of drug-likeness (QED) is 0.102. The van der Waals surface area contributed by atoms with Crippen LogP contribution < -0.4 is 0 Å². The van der Waals surface area contributed by atoms with Crippen molar-refractivity contribution < 1.29 is 28.0 Å². The van der Waals surface area contributed by atoms with Crippen LogP contribution in [-0.4, -0.2) is 35.0 Å². The van der Waals surface area contributed by atoms with E-state index in [2.05, 4.69) is 18.4 Å². The van der Waals surface area contributed by atoms with Gasteiger partial charge in [-0.25, -0.2) is 9.36 Å². The van der Waals surface area contributed by atoms with E-state index < -0.39 is 20.1 Å². The maximum absolute atomic E-state index is 12.8. The van der Waals surface area contributed by atoms with Gasteiger partial charge >= 0.3 is 14.0 Å². The molecule has 8 heteroatoms. The fourth-order valence-electron chi connectivity index (χ4n) is 3.70. The highest BCUT2D eigenvalue weighted by Crippen LogP contribution is 2.52. The second-order valence-corrected chi connectivity index (χ2v) is 11.8. The third-order valence-corrected chi connectivity index (χ3v) is 8.68. The maximum Gasteiger partial charge on any atom is 0.534 e. The summed E-state index contributed by atoms with van der Waals surface area (Å²) in [4.78, 5) is 11.0. The van der Waals surface area contributed by atoms with E-state index in [1.54, 1.807) is 0 Å². The Bertz CT molecular complexity index is 505. The summed E-state index contributed by atoms with van der Waals surface area (Å²) in [5.74, 6) is 1.03. The molecule has 0 aromatic carbocycles. The maximum atomic E-state index is 12.8. The number of unbranched alkanes of at least 4 members (excludes halogenated alkanes) is 12. The lowest BCUT2D eigenvalue weighted by atomic mass is 10.1. The van der Waals surface area contributed by atoms with Crippen molar-refractivity contribution >= 4 is 25.7 Å². The topological polar surface area (TPSA) is 82.1 Å². The van der Waals surface area contributed by atoms with E-state index in [9.17, 15) is 9.36 Å². The summed E-state index contributed by atoms with van der Waals surface area (Å²) in [5, 5.41) is 9.09. The van der Waals surface area contributed by atoms with Crippen LogP contribution >= 0.6 is 19.6 Å². The standard InChI is InChI=1S/C25H51O6PS/c1-5-8-10-12-13-14-15-16-17-19-22-33-24(20-18-11-9-6-2)23(4)30-32(28,29-21-7-3)31-25(26)27/h23-24H,5-22H2,1-4H3,(H,26,27). The Labute approximate surface area is 207 Å². The lowest BCUT2D eigenvalue weighted by Gasteiger charge is -2.26. The molecule has 1 N–H and O–H groups in total. The van der Waals surface area contributed by atoms with E-state index in [0.29, 0.717) is 6.42 Å². The number of phosphoric acid groups is 1. The van der Waals surface area contributed by atoms with Crippen LogP contribution in [0.3, 0.4) is 0 Å². The normalized spacial score (nSPS) is 15.2. The van der Waals surface area contributed by atoms with Gasteiger partial charge in [0.15, 0.2) is 0 Å². The van der Waals surface area contributed by atoms with Crippen LogP contribution in [0, 0.1) is 0 Å². The van der Waals surface area contributed by atoms with E-state index in [4.69, 9.17) is 14.2 Å². The number of thioether (sulfide) groups is 1. The number of carboxylic acid groups (broad SMARTS) is 1. The Morgan fingerprint density at radius 3 is 1.85 bits per heavy atom. The molecular weight excluding hydrogens is 459 g/mol. The molecule has 0 aliphatic carbocycles. The lowest BCUT2D eigenvalue weighted by Crippen LogP contribution is -2.24. The molecule has 6 nitrogen and oxygen atoms in total. The molecule has 0 aromatic rings. The Hall–Kier alpha value is -0.230. The first-order valence-corrected chi connectivity index (χ1v) is 15.9. The minimum atomic E-state index is -4.13. The van der Waals surface area contributed by atoms with Crippen molar-refractivity contribution in [2.75, 3.05) is 12.4 Å². The molecule has 0 aliphatic rings. The van der Waals surface area contributed by atoms with E-state index in [1.165, 1.54) is 70.6 Å². The van der Waals surface area contributed by atoms with Crippen molar-refractivity contribution in [1.82, 2.24) is 0 Å². The highest BCUT2D eigenvalue weighted by molar-refractivity contribution is 7.99. The summed E-state index contributed by atoms with van der Waals surface area (Å²) < 4.78 is 28.1. The number of rotatable bonds is 24. The second-order valence-electron chi connectivity index (χ2n) is 8.89. The van der Waals surface area contributed by atoms with Gasteiger partial charge in [0.2, 0.25) is 0 Å². The molecule has 0 aromatic heterocycles. The molecular formula is C25H51O6PS.